The Morgan fingerprint density at radius 1 is 1.00 bits per heavy atom. The number of nitrogens with zero attached hydrogens (tertiary/aromatic N) is 2. The van der Waals surface area contributed by atoms with Gasteiger partial charge in [0.2, 0.25) is 0 Å². The van der Waals surface area contributed by atoms with Crippen molar-refractivity contribution in [2.75, 3.05) is 6.61 Å². The summed E-state index contributed by atoms with van der Waals surface area (Å²) in [6.07, 6.45) is 1.53. The molecule has 4 aromatic rings. The van der Waals surface area contributed by atoms with Crippen LogP contribution >= 0.6 is 0 Å². The largest absolute Gasteiger partial charge is 0.484 e. The van der Waals surface area contributed by atoms with E-state index >= 15 is 0 Å². The highest BCUT2D eigenvalue weighted by Gasteiger charge is 2.19. The zero-order valence-electron chi connectivity index (χ0n) is 19.1. The molecular weight excluding hydrogens is 414 g/mol. The standard InChI is InChI=1S/C27H29N3O3/c1-18(2)17-32-27(31)21-10-7-11-23(14-21)30-25-13-12-24(15-22(25)16-29-30)33-26(19(3)28)20-8-5-4-6-9-20/h4-16,18-19,26H,17,28H2,1-3H3/t19?,26-/m0/s1. The summed E-state index contributed by atoms with van der Waals surface area (Å²) in [5, 5.41) is 5.47. The Bertz CT molecular complexity index is 1230. The lowest BCUT2D eigenvalue weighted by atomic mass is 10.0. The molecule has 0 saturated carbocycles. The van der Waals surface area contributed by atoms with E-state index in [2.05, 4.69) is 5.10 Å². The molecule has 1 aromatic heterocycles. The van der Waals surface area contributed by atoms with Gasteiger partial charge in [0, 0.05) is 11.4 Å². The van der Waals surface area contributed by atoms with Gasteiger partial charge in [-0.1, -0.05) is 50.2 Å². The molecule has 170 valence electrons. The third-order valence-corrected chi connectivity index (χ3v) is 5.28. The number of carbonyl (C=O) groups excluding carboxylic acids is 1. The molecule has 4 rings (SSSR count). The zero-order chi connectivity index (χ0) is 23.4. The maximum absolute atomic E-state index is 12.4. The van der Waals surface area contributed by atoms with Gasteiger partial charge < -0.3 is 15.2 Å². The Morgan fingerprint density at radius 3 is 2.52 bits per heavy atom. The molecule has 0 aliphatic rings. The molecule has 0 saturated heterocycles. The van der Waals surface area contributed by atoms with E-state index in [1.54, 1.807) is 23.0 Å². The van der Waals surface area contributed by atoms with Crippen LogP contribution in [0.4, 0.5) is 0 Å². The molecule has 0 amide bonds. The minimum Gasteiger partial charge on any atom is -0.484 e. The van der Waals surface area contributed by atoms with Crippen molar-refractivity contribution < 1.29 is 14.3 Å². The average molecular weight is 444 g/mol. The van der Waals surface area contributed by atoms with Crippen LogP contribution in [0.25, 0.3) is 16.6 Å². The third kappa shape index (κ3) is 5.23. The molecule has 0 radical (unpaired) electrons. The molecule has 33 heavy (non-hydrogen) atoms. The maximum Gasteiger partial charge on any atom is 0.338 e. The number of esters is 1. The van der Waals surface area contributed by atoms with E-state index in [9.17, 15) is 4.79 Å². The lowest BCUT2D eigenvalue weighted by molar-refractivity contribution is 0.0459. The lowest BCUT2D eigenvalue weighted by Crippen LogP contribution is -2.29. The molecule has 0 spiro atoms. The van der Waals surface area contributed by atoms with Crippen molar-refractivity contribution in [1.82, 2.24) is 9.78 Å². The quantitative estimate of drug-likeness (QED) is 0.374. The van der Waals surface area contributed by atoms with Gasteiger partial charge in [-0.2, -0.15) is 5.10 Å². The summed E-state index contributed by atoms with van der Waals surface area (Å²) >= 11 is 0. The van der Waals surface area contributed by atoms with Crippen LogP contribution in [0.5, 0.6) is 5.75 Å². The fraction of sp³-hybridized carbons (Fsp3) is 0.259. The number of ether oxygens (including phenoxy) is 2. The zero-order valence-corrected chi connectivity index (χ0v) is 19.1. The van der Waals surface area contributed by atoms with Gasteiger partial charge in [0.15, 0.2) is 0 Å². The van der Waals surface area contributed by atoms with Gasteiger partial charge in [0.1, 0.15) is 11.9 Å². The van der Waals surface area contributed by atoms with Gasteiger partial charge in [0.05, 0.1) is 29.6 Å². The van der Waals surface area contributed by atoms with Crippen molar-refractivity contribution in [2.24, 2.45) is 11.7 Å². The summed E-state index contributed by atoms with van der Waals surface area (Å²) in [6, 6.07) is 22.9. The summed E-state index contributed by atoms with van der Waals surface area (Å²) in [6.45, 7) is 6.34. The Morgan fingerprint density at radius 2 is 1.79 bits per heavy atom. The van der Waals surface area contributed by atoms with Gasteiger partial charge in [-0.25, -0.2) is 9.48 Å². The first kappa shape index (κ1) is 22.6. The van der Waals surface area contributed by atoms with Crippen LogP contribution in [0.1, 0.15) is 42.8 Å². The van der Waals surface area contributed by atoms with E-state index in [-0.39, 0.29) is 24.0 Å². The predicted molar refractivity (Wildman–Crippen MR) is 130 cm³/mol. The second-order valence-electron chi connectivity index (χ2n) is 8.63. The molecule has 3 aromatic carbocycles. The van der Waals surface area contributed by atoms with Crippen molar-refractivity contribution in [3.05, 3.63) is 90.1 Å². The highest BCUT2D eigenvalue weighted by Crippen LogP contribution is 2.28. The summed E-state index contributed by atoms with van der Waals surface area (Å²) in [7, 11) is 0. The number of aromatic nitrogens is 2. The molecule has 1 heterocycles. The van der Waals surface area contributed by atoms with Crippen LogP contribution in [0.2, 0.25) is 0 Å². The fourth-order valence-corrected chi connectivity index (χ4v) is 3.65. The number of fused-ring (bicyclic) bond motifs is 1. The topological polar surface area (TPSA) is 79.4 Å². The number of nitrogens with two attached hydrogens (primary N) is 1. The Balaban J connectivity index is 1.59. The lowest BCUT2D eigenvalue weighted by Gasteiger charge is -2.23. The van der Waals surface area contributed by atoms with Gasteiger partial charge >= 0.3 is 5.97 Å². The first-order chi connectivity index (χ1) is 15.9. The highest BCUT2D eigenvalue weighted by atomic mass is 16.5. The molecular formula is C27H29N3O3. The van der Waals surface area contributed by atoms with E-state index in [4.69, 9.17) is 15.2 Å². The van der Waals surface area contributed by atoms with Gasteiger partial charge in [-0.3, -0.25) is 0 Å². The molecule has 2 N–H and O–H groups in total. The summed E-state index contributed by atoms with van der Waals surface area (Å²) < 4.78 is 13.4. The Kier molecular flexibility index (Phi) is 6.75. The van der Waals surface area contributed by atoms with Gasteiger partial charge in [0.25, 0.3) is 0 Å². The second-order valence-corrected chi connectivity index (χ2v) is 8.63. The monoisotopic (exact) mass is 443 g/mol. The molecule has 6 heteroatoms. The molecule has 0 aliphatic heterocycles. The summed E-state index contributed by atoms with van der Waals surface area (Å²) in [4.78, 5) is 12.4. The third-order valence-electron chi connectivity index (χ3n) is 5.28. The molecule has 1 unspecified atom stereocenters. The molecule has 0 aliphatic carbocycles. The molecule has 6 nitrogen and oxygen atoms in total. The van der Waals surface area contributed by atoms with Crippen LogP contribution < -0.4 is 10.5 Å². The Labute approximate surface area is 193 Å². The number of hydrogen-bond acceptors (Lipinski definition) is 5. The number of carbonyl (C=O) groups is 1. The highest BCUT2D eigenvalue weighted by molar-refractivity contribution is 5.90. The first-order valence-electron chi connectivity index (χ1n) is 11.1. The molecule has 0 fully saturated rings. The first-order valence-corrected chi connectivity index (χ1v) is 11.1. The van der Waals surface area contributed by atoms with E-state index in [1.165, 1.54) is 0 Å². The fourth-order valence-electron chi connectivity index (χ4n) is 3.65. The molecule has 2 atom stereocenters. The van der Waals surface area contributed by atoms with Crippen LogP contribution in [-0.4, -0.2) is 28.4 Å². The van der Waals surface area contributed by atoms with E-state index in [1.807, 2.05) is 81.4 Å². The van der Waals surface area contributed by atoms with E-state index in [0.717, 1.165) is 27.9 Å². The maximum atomic E-state index is 12.4. The van der Waals surface area contributed by atoms with Gasteiger partial charge in [-0.05, 0) is 54.8 Å². The second kappa shape index (κ2) is 9.88. The van der Waals surface area contributed by atoms with Crippen LogP contribution in [0.3, 0.4) is 0 Å². The number of benzene rings is 3. The van der Waals surface area contributed by atoms with Gasteiger partial charge in [-0.15, -0.1) is 0 Å². The smallest absolute Gasteiger partial charge is 0.338 e. The predicted octanol–water partition coefficient (Wildman–Crippen LogP) is 5.31. The van der Waals surface area contributed by atoms with Crippen molar-refractivity contribution in [1.29, 1.82) is 0 Å². The van der Waals surface area contributed by atoms with E-state index < -0.39 is 0 Å². The van der Waals surface area contributed by atoms with Crippen molar-refractivity contribution >= 4 is 16.9 Å². The number of rotatable bonds is 8. The van der Waals surface area contributed by atoms with Crippen LogP contribution in [0.15, 0.2) is 79.0 Å². The van der Waals surface area contributed by atoms with Crippen molar-refractivity contribution in [3.8, 4) is 11.4 Å². The van der Waals surface area contributed by atoms with Crippen LogP contribution in [0, 0.1) is 5.92 Å². The SMILES string of the molecule is CC(C)COC(=O)c1cccc(-n2ncc3cc(O[C@H](c4ccccc4)C(C)N)ccc32)c1. The Hall–Kier alpha value is -3.64. The van der Waals surface area contributed by atoms with Crippen molar-refractivity contribution in [3.63, 3.8) is 0 Å². The normalized spacial score (nSPS) is 13.1. The minimum absolute atomic E-state index is 0.177. The van der Waals surface area contributed by atoms with Crippen LogP contribution in [-0.2, 0) is 4.74 Å². The molecule has 0 bridgehead atoms. The summed E-state index contributed by atoms with van der Waals surface area (Å²) in [5.74, 6) is 0.673. The minimum atomic E-state index is -0.333. The summed E-state index contributed by atoms with van der Waals surface area (Å²) in [5.41, 5.74) is 9.43. The number of hydrogen-bond donors (Lipinski definition) is 1. The van der Waals surface area contributed by atoms with Crippen molar-refractivity contribution in [2.45, 2.75) is 32.9 Å². The van der Waals surface area contributed by atoms with E-state index in [0.29, 0.717) is 12.2 Å². The average Bonchev–Trinajstić information content (AvgIpc) is 3.24.